The molecule has 6 nitrogen and oxygen atoms in total. The van der Waals surface area contributed by atoms with Crippen LogP contribution in [-0.4, -0.2) is 36.7 Å². The van der Waals surface area contributed by atoms with Crippen LogP contribution in [-0.2, 0) is 16.4 Å². The first-order valence-corrected chi connectivity index (χ1v) is 8.18. The quantitative estimate of drug-likeness (QED) is 0.705. The summed E-state index contributed by atoms with van der Waals surface area (Å²) in [4.78, 5) is 11.1. The van der Waals surface area contributed by atoms with E-state index in [-0.39, 0.29) is 17.1 Å². The lowest BCUT2D eigenvalue weighted by atomic mass is 10.0. The Bertz CT molecular complexity index is 620. The van der Waals surface area contributed by atoms with Crippen LogP contribution >= 0.6 is 0 Å². The molecule has 0 aliphatic rings. The second-order valence-corrected chi connectivity index (χ2v) is 6.84. The summed E-state index contributed by atoms with van der Waals surface area (Å²) in [5, 5.41) is 18.5. The smallest absolute Gasteiger partial charge is 0.336 e. The Labute approximate surface area is 124 Å². The maximum atomic E-state index is 12.3. The van der Waals surface area contributed by atoms with Crippen molar-refractivity contribution in [2.45, 2.75) is 44.0 Å². The normalized spacial score (nSPS) is 14.7. The van der Waals surface area contributed by atoms with E-state index in [1.54, 1.807) is 20.8 Å². The summed E-state index contributed by atoms with van der Waals surface area (Å²) in [5.74, 6) is -1.16. The van der Waals surface area contributed by atoms with E-state index < -0.39 is 21.5 Å². The molecule has 1 rings (SSSR count). The maximum absolute atomic E-state index is 12.3. The number of sulfonamides is 1. The van der Waals surface area contributed by atoms with Crippen molar-refractivity contribution < 1.29 is 23.4 Å². The fourth-order valence-corrected chi connectivity index (χ4v) is 3.33. The number of aromatic carboxylic acids is 1. The van der Waals surface area contributed by atoms with E-state index in [2.05, 4.69) is 4.72 Å². The van der Waals surface area contributed by atoms with Gasteiger partial charge in [0.1, 0.15) is 0 Å². The molecule has 0 fully saturated rings. The molecule has 21 heavy (non-hydrogen) atoms. The molecule has 7 heteroatoms. The van der Waals surface area contributed by atoms with Gasteiger partial charge in [0, 0.05) is 0 Å². The lowest BCUT2D eigenvalue weighted by molar-refractivity contribution is 0.0695. The number of carboxylic acid groups (broad SMARTS) is 1. The van der Waals surface area contributed by atoms with Crippen LogP contribution in [0.4, 0.5) is 0 Å². The average molecular weight is 315 g/mol. The molecule has 0 spiro atoms. The highest BCUT2D eigenvalue weighted by Gasteiger charge is 2.29. The van der Waals surface area contributed by atoms with Gasteiger partial charge in [-0.1, -0.05) is 19.9 Å². The number of carboxylic acids is 1. The maximum Gasteiger partial charge on any atom is 0.336 e. The van der Waals surface area contributed by atoms with Crippen LogP contribution in [0.25, 0.3) is 0 Å². The first-order chi connectivity index (χ1) is 9.69. The Morgan fingerprint density at radius 1 is 1.33 bits per heavy atom. The standard InChI is InChI=1S/C14H21NO5S/c1-4-10-6-7-11(8-12(10)13(17)18)21(19,20)15-14(3,5-2)9-16/h6-8,15-16H,4-5,9H2,1-3H3,(H,17,18). The highest BCUT2D eigenvalue weighted by molar-refractivity contribution is 7.89. The Hall–Kier alpha value is -1.44. The van der Waals surface area contributed by atoms with Gasteiger partial charge in [-0.05, 0) is 37.5 Å². The molecular formula is C14H21NO5S. The second kappa shape index (κ2) is 6.55. The van der Waals surface area contributed by atoms with Crippen molar-refractivity contribution in [1.82, 2.24) is 4.72 Å². The minimum absolute atomic E-state index is 0.0254. The number of hydrogen-bond acceptors (Lipinski definition) is 4. The number of aryl methyl sites for hydroxylation is 1. The number of rotatable bonds is 7. The van der Waals surface area contributed by atoms with Gasteiger partial charge in [0.05, 0.1) is 22.6 Å². The molecular weight excluding hydrogens is 294 g/mol. The summed E-state index contributed by atoms with van der Waals surface area (Å²) in [6, 6.07) is 4.03. The molecule has 0 aliphatic carbocycles. The van der Waals surface area contributed by atoms with Gasteiger partial charge in [-0.25, -0.2) is 17.9 Å². The van der Waals surface area contributed by atoms with Crippen LogP contribution < -0.4 is 4.72 Å². The van der Waals surface area contributed by atoms with Crippen molar-refractivity contribution in [2.75, 3.05) is 6.61 Å². The van der Waals surface area contributed by atoms with Crippen molar-refractivity contribution in [2.24, 2.45) is 0 Å². The van der Waals surface area contributed by atoms with E-state index in [1.165, 1.54) is 12.1 Å². The number of nitrogens with one attached hydrogen (secondary N) is 1. The summed E-state index contributed by atoms with van der Waals surface area (Å²) in [6.07, 6.45) is 0.903. The highest BCUT2D eigenvalue weighted by atomic mass is 32.2. The molecule has 0 amide bonds. The lowest BCUT2D eigenvalue weighted by Gasteiger charge is -2.26. The molecule has 1 atom stereocenters. The van der Waals surface area contributed by atoms with E-state index in [0.717, 1.165) is 6.07 Å². The van der Waals surface area contributed by atoms with E-state index in [1.807, 2.05) is 0 Å². The fraction of sp³-hybridized carbons (Fsp3) is 0.500. The van der Waals surface area contributed by atoms with E-state index >= 15 is 0 Å². The molecule has 0 bridgehead atoms. The van der Waals surface area contributed by atoms with Gasteiger partial charge in [0.15, 0.2) is 0 Å². The van der Waals surface area contributed by atoms with Gasteiger partial charge in [-0.2, -0.15) is 0 Å². The zero-order valence-electron chi connectivity index (χ0n) is 12.4. The minimum atomic E-state index is -3.90. The summed E-state index contributed by atoms with van der Waals surface area (Å²) >= 11 is 0. The zero-order valence-corrected chi connectivity index (χ0v) is 13.2. The SMILES string of the molecule is CCc1ccc(S(=O)(=O)NC(C)(CC)CO)cc1C(=O)O. The molecule has 118 valence electrons. The zero-order chi connectivity index (χ0) is 16.3. The second-order valence-electron chi connectivity index (χ2n) is 5.16. The number of aliphatic hydroxyl groups excluding tert-OH is 1. The molecule has 3 N–H and O–H groups in total. The van der Waals surface area contributed by atoms with E-state index in [9.17, 15) is 18.3 Å². The number of hydrogen-bond donors (Lipinski definition) is 3. The van der Waals surface area contributed by atoms with Gasteiger partial charge < -0.3 is 10.2 Å². The minimum Gasteiger partial charge on any atom is -0.478 e. The Kier molecular flexibility index (Phi) is 5.49. The van der Waals surface area contributed by atoms with Crippen molar-refractivity contribution in [3.63, 3.8) is 0 Å². The van der Waals surface area contributed by atoms with Crippen LogP contribution in [0.3, 0.4) is 0 Å². The molecule has 0 heterocycles. The lowest BCUT2D eigenvalue weighted by Crippen LogP contribution is -2.48. The summed E-state index contributed by atoms with van der Waals surface area (Å²) in [7, 11) is -3.90. The van der Waals surface area contributed by atoms with Crippen LogP contribution in [0.1, 0.15) is 43.1 Å². The molecule has 1 aromatic carbocycles. The fourth-order valence-electron chi connectivity index (χ4n) is 1.83. The summed E-state index contributed by atoms with van der Waals surface area (Å²) in [6.45, 7) is 4.79. The third-order valence-corrected chi connectivity index (χ3v) is 5.15. The van der Waals surface area contributed by atoms with Crippen LogP contribution in [0.15, 0.2) is 23.1 Å². The number of aliphatic hydroxyl groups is 1. The van der Waals surface area contributed by atoms with Crippen LogP contribution in [0.2, 0.25) is 0 Å². The monoisotopic (exact) mass is 315 g/mol. The molecule has 1 aromatic rings. The van der Waals surface area contributed by atoms with Gasteiger partial charge in [-0.15, -0.1) is 0 Å². The number of carbonyl (C=O) groups is 1. The first kappa shape index (κ1) is 17.6. The molecule has 1 unspecified atom stereocenters. The molecule has 0 aliphatic heterocycles. The van der Waals surface area contributed by atoms with Gasteiger partial charge in [0.2, 0.25) is 10.0 Å². The van der Waals surface area contributed by atoms with Gasteiger partial charge in [-0.3, -0.25) is 0 Å². The number of benzene rings is 1. The Balaban J connectivity index is 3.27. The van der Waals surface area contributed by atoms with E-state index in [0.29, 0.717) is 18.4 Å². The predicted octanol–water partition coefficient (Wildman–Crippen LogP) is 1.39. The van der Waals surface area contributed by atoms with Gasteiger partial charge in [0.25, 0.3) is 0 Å². The van der Waals surface area contributed by atoms with Crippen molar-refractivity contribution >= 4 is 16.0 Å². The summed E-state index contributed by atoms with van der Waals surface area (Å²) in [5.41, 5.74) is -0.435. The largest absolute Gasteiger partial charge is 0.478 e. The molecule has 0 saturated carbocycles. The topological polar surface area (TPSA) is 104 Å². The predicted molar refractivity (Wildman–Crippen MR) is 78.9 cm³/mol. The van der Waals surface area contributed by atoms with Crippen molar-refractivity contribution in [1.29, 1.82) is 0 Å². The Morgan fingerprint density at radius 3 is 2.38 bits per heavy atom. The first-order valence-electron chi connectivity index (χ1n) is 6.70. The summed E-state index contributed by atoms with van der Waals surface area (Å²) < 4.78 is 27.1. The molecule has 0 aromatic heterocycles. The van der Waals surface area contributed by atoms with Crippen molar-refractivity contribution in [3.05, 3.63) is 29.3 Å². The Morgan fingerprint density at radius 2 is 1.95 bits per heavy atom. The van der Waals surface area contributed by atoms with Crippen LogP contribution in [0.5, 0.6) is 0 Å². The third kappa shape index (κ3) is 4.03. The average Bonchev–Trinajstić information content (AvgIpc) is 2.45. The van der Waals surface area contributed by atoms with E-state index in [4.69, 9.17) is 5.11 Å². The highest BCUT2D eigenvalue weighted by Crippen LogP contribution is 2.19. The van der Waals surface area contributed by atoms with Crippen LogP contribution in [0, 0.1) is 0 Å². The van der Waals surface area contributed by atoms with Gasteiger partial charge >= 0.3 is 5.97 Å². The third-order valence-electron chi connectivity index (χ3n) is 3.51. The molecule has 0 saturated heterocycles. The molecule has 0 radical (unpaired) electrons. The van der Waals surface area contributed by atoms with Crippen molar-refractivity contribution in [3.8, 4) is 0 Å².